The SMILES string of the molecule is [2H]c1c([2H])c(CSc2nc(=O)c3c(n2C([2H])([2H])C(=O)N(CCN(C([2H])([2H])C)C([2H])([2H])C)Cc2c([2H])c([2H])c(-c4c([2H])c([2H])c(C(F)(F)F)c(C)c4[2H])c([2H])c2[2H])CCC3)c([2H])c([2H])c1F. The Labute approximate surface area is 306 Å². The van der Waals surface area contributed by atoms with Crippen LogP contribution in [0.2, 0.25) is 0 Å². The lowest BCUT2D eigenvalue weighted by molar-refractivity contribution is -0.138. The van der Waals surface area contributed by atoms with Gasteiger partial charge >= 0.3 is 6.18 Å². The summed E-state index contributed by atoms with van der Waals surface area (Å²) < 4.78 is 201. The zero-order valence-corrected chi connectivity index (χ0v) is 26.8. The van der Waals surface area contributed by atoms with Gasteiger partial charge in [-0.3, -0.25) is 9.59 Å². The second-order valence-corrected chi connectivity index (χ2v) is 11.4. The molecule has 0 atom stereocenters. The smallest absolute Gasteiger partial charge is 0.336 e. The molecule has 6 nitrogen and oxygen atoms in total. The van der Waals surface area contributed by atoms with Gasteiger partial charge in [-0.25, -0.2) is 4.39 Å². The molecule has 1 aliphatic carbocycles. The molecule has 0 N–H and O–H groups in total. The van der Waals surface area contributed by atoms with E-state index >= 15 is 0 Å². The van der Waals surface area contributed by atoms with Crippen LogP contribution in [0, 0.1) is 12.7 Å². The molecule has 0 aliphatic heterocycles. The second kappa shape index (κ2) is 15.5. The van der Waals surface area contributed by atoms with E-state index in [0.717, 1.165) is 25.3 Å². The fraction of sp³-hybridized carbons (Fsp3) is 0.378. The summed E-state index contributed by atoms with van der Waals surface area (Å²) in [4.78, 5) is 33.4. The summed E-state index contributed by atoms with van der Waals surface area (Å²) in [6.07, 6.45) is -4.74. The maximum absolute atomic E-state index is 14.9. The highest BCUT2D eigenvalue weighted by Gasteiger charge is 2.32. The minimum absolute atomic E-state index is 0.00697. The van der Waals surface area contributed by atoms with E-state index in [1.54, 1.807) is 0 Å². The first-order chi connectivity index (χ1) is 29.7. The topological polar surface area (TPSA) is 58.4 Å². The van der Waals surface area contributed by atoms with Crippen LogP contribution in [0.1, 0.15) is 77.1 Å². The number of aromatic nitrogens is 2. The first-order valence-corrected chi connectivity index (χ1v) is 15.5. The van der Waals surface area contributed by atoms with Crippen LogP contribution >= 0.6 is 11.8 Å². The average Bonchev–Trinajstić information content (AvgIpc) is 3.68. The standard InChI is InChI=1S/C37H40F4N4O2S/c1-4-43(5-2)19-20-44(22-26-9-13-28(14-10-26)29-15-18-32(25(3)21-29)37(39,40)41)34(46)23-45-33-8-6-7-31(33)35(47)42-36(45)48-24-27-11-16-30(38)17-12-27/h9-18,21H,4-8,19-20,22-24H2,1-3H3/i4D2,5D2,9D,10D,11D,12D,13D,14D,15D,16D,17D,18D,21D,23D2. The second-order valence-electron chi connectivity index (χ2n) is 10.4. The normalized spacial score (nSPS) is 18.8. The van der Waals surface area contributed by atoms with Gasteiger partial charge in [-0.15, -0.1) is 0 Å². The van der Waals surface area contributed by atoms with Crippen LogP contribution in [0.25, 0.3) is 11.1 Å². The van der Waals surface area contributed by atoms with E-state index in [4.69, 9.17) is 20.6 Å². The van der Waals surface area contributed by atoms with E-state index in [0.29, 0.717) is 28.0 Å². The van der Waals surface area contributed by atoms with Crippen LogP contribution in [0.15, 0.2) is 76.4 Å². The van der Waals surface area contributed by atoms with Gasteiger partial charge in [0.15, 0.2) is 5.16 Å². The molecule has 0 spiro atoms. The van der Waals surface area contributed by atoms with Crippen molar-refractivity contribution in [2.45, 2.75) is 70.2 Å². The van der Waals surface area contributed by atoms with Gasteiger partial charge in [0, 0.05) is 42.1 Å². The number of hydrogen-bond donors (Lipinski definition) is 0. The number of carbonyl (C=O) groups excluding carboxylic acids is 1. The van der Waals surface area contributed by atoms with Gasteiger partial charge < -0.3 is 14.4 Å². The number of likely N-dealkylation sites (N-methyl/N-ethyl adjacent to an activating group) is 1. The van der Waals surface area contributed by atoms with Crippen molar-refractivity contribution < 1.29 is 45.7 Å². The number of halogens is 4. The van der Waals surface area contributed by atoms with Crippen molar-refractivity contribution in [2.75, 3.05) is 26.1 Å². The van der Waals surface area contributed by atoms with Gasteiger partial charge in [0.05, 0.1) is 23.4 Å². The predicted molar refractivity (Wildman–Crippen MR) is 181 cm³/mol. The minimum atomic E-state index is -5.17. The number of alkyl halides is 3. The third-order valence-electron chi connectivity index (χ3n) is 7.28. The molecule has 254 valence electrons. The Bertz CT molecular complexity index is 2570. The van der Waals surface area contributed by atoms with Gasteiger partial charge in [0.2, 0.25) is 5.91 Å². The number of amides is 1. The molecule has 0 saturated carbocycles. The molecule has 0 radical (unpaired) electrons. The van der Waals surface area contributed by atoms with Crippen LogP contribution in [-0.2, 0) is 42.6 Å². The molecule has 0 saturated heterocycles. The van der Waals surface area contributed by atoms with Crippen LogP contribution in [0.4, 0.5) is 17.6 Å². The van der Waals surface area contributed by atoms with E-state index in [9.17, 15) is 29.9 Å². The maximum Gasteiger partial charge on any atom is 0.416 e. The molecule has 1 amide bonds. The monoisotopic (exact) mass is 697 g/mol. The number of thioether (sulfide) groups is 1. The summed E-state index contributed by atoms with van der Waals surface area (Å²) in [6.45, 7) is -7.79. The van der Waals surface area contributed by atoms with Crippen molar-refractivity contribution in [3.8, 4) is 11.1 Å². The Balaban J connectivity index is 1.70. The number of benzene rings is 3. The summed E-state index contributed by atoms with van der Waals surface area (Å²) in [5.74, 6) is -3.50. The highest BCUT2D eigenvalue weighted by atomic mass is 32.2. The summed E-state index contributed by atoms with van der Waals surface area (Å²) in [5, 5.41) is -0.502. The third-order valence-corrected chi connectivity index (χ3v) is 8.25. The van der Waals surface area contributed by atoms with Gasteiger partial charge in [0.1, 0.15) is 12.3 Å². The zero-order chi connectivity index (χ0) is 49.4. The van der Waals surface area contributed by atoms with E-state index in [1.165, 1.54) is 0 Å². The predicted octanol–water partition coefficient (Wildman–Crippen LogP) is 7.53. The number of rotatable bonds is 13. The summed E-state index contributed by atoms with van der Waals surface area (Å²) in [6, 6.07) is -11.1. The molecule has 1 aromatic heterocycles. The Kier molecular flexibility index (Phi) is 6.23. The highest BCUT2D eigenvalue weighted by molar-refractivity contribution is 7.98. The van der Waals surface area contributed by atoms with E-state index in [2.05, 4.69) is 4.98 Å². The van der Waals surface area contributed by atoms with Gasteiger partial charge in [-0.1, -0.05) is 73.9 Å². The zero-order valence-electron chi connectivity index (χ0n) is 43.0. The quantitative estimate of drug-likeness (QED) is 0.0822. The molecule has 4 aromatic rings. The average molecular weight is 698 g/mol. The third kappa shape index (κ3) is 8.54. The largest absolute Gasteiger partial charge is 0.416 e. The van der Waals surface area contributed by atoms with Crippen molar-refractivity contribution in [1.29, 1.82) is 0 Å². The molecular formula is C37H40F4N4O2S. The first-order valence-electron chi connectivity index (χ1n) is 23.1. The Hall–Kier alpha value is -3.96. The van der Waals surface area contributed by atoms with Crippen molar-refractivity contribution in [1.82, 2.24) is 19.4 Å². The number of carbonyl (C=O) groups is 1. The Morgan fingerprint density at radius 3 is 2.31 bits per heavy atom. The van der Waals surface area contributed by atoms with Gasteiger partial charge in [-0.2, -0.15) is 18.2 Å². The lowest BCUT2D eigenvalue weighted by atomic mass is 9.98. The summed E-state index contributed by atoms with van der Waals surface area (Å²) in [7, 11) is 0. The summed E-state index contributed by atoms with van der Waals surface area (Å²) >= 11 is 0.520. The highest BCUT2D eigenvalue weighted by Crippen LogP contribution is 2.34. The molecule has 11 heteroatoms. The Morgan fingerprint density at radius 1 is 0.979 bits per heavy atom. The van der Waals surface area contributed by atoms with Crippen molar-refractivity contribution in [3.05, 3.63) is 116 Å². The molecule has 0 fully saturated rings. The lowest BCUT2D eigenvalue weighted by Crippen LogP contribution is -2.40. The molecule has 48 heavy (non-hydrogen) atoms. The molecule has 1 heterocycles. The number of fused-ring (bicyclic) bond motifs is 1. The van der Waals surface area contributed by atoms with Crippen molar-refractivity contribution >= 4 is 17.7 Å². The van der Waals surface area contributed by atoms with E-state index in [1.807, 2.05) is 0 Å². The molecule has 3 aromatic carbocycles. The fourth-order valence-corrected chi connectivity index (χ4v) is 5.74. The maximum atomic E-state index is 14.9. The molecule has 1 aliphatic rings. The van der Waals surface area contributed by atoms with E-state index < -0.39 is 168 Å². The van der Waals surface area contributed by atoms with Gasteiger partial charge in [-0.05, 0) is 85.1 Å². The van der Waals surface area contributed by atoms with Crippen LogP contribution in [-0.4, -0.2) is 51.3 Å². The van der Waals surface area contributed by atoms with Crippen LogP contribution in [0.5, 0.6) is 0 Å². The molecule has 0 bridgehead atoms. The fourth-order valence-electron chi connectivity index (χ4n) is 4.89. The number of nitrogens with zero attached hydrogens (tertiary/aromatic N) is 4. The Morgan fingerprint density at radius 2 is 1.65 bits per heavy atom. The first kappa shape index (κ1) is 19.3. The minimum Gasteiger partial charge on any atom is -0.336 e. The van der Waals surface area contributed by atoms with Crippen LogP contribution in [0.3, 0.4) is 0 Å². The van der Waals surface area contributed by atoms with Gasteiger partial charge in [0.25, 0.3) is 5.56 Å². The molecule has 5 rings (SSSR count). The van der Waals surface area contributed by atoms with E-state index in [-0.39, 0.29) is 29.7 Å². The molecule has 0 unspecified atom stereocenters. The number of hydrogen-bond acceptors (Lipinski definition) is 5. The van der Waals surface area contributed by atoms with Crippen molar-refractivity contribution in [3.63, 3.8) is 0 Å². The van der Waals surface area contributed by atoms with Crippen LogP contribution < -0.4 is 5.56 Å². The van der Waals surface area contributed by atoms with Crippen molar-refractivity contribution in [2.24, 2.45) is 0 Å². The lowest BCUT2D eigenvalue weighted by Gasteiger charge is -2.28. The summed E-state index contributed by atoms with van der Waals surface area (Å²) in [5.41, 5.74) is -5.85. The molecular weight excluding hydrogens is 640 g/mol.